The van der Waals surface area contributed by atoms with Crippen molar-refractivity contribution in [1.29, 1.82) is 0 Å². The third-order valence-corrected chi connectivity index (χ3v) is 5.56. The summed E-state index contributed by atoms with van der Waals surface area (Å²) in [6.07, 6.45) is 6.15. The molecule has 0 atom stereocenters. The molecule has 0 bridgehead atoms. The number of nitrogens with one attached hydrogen (secondary N) is 2. The van der Waals surface area contributed by atoms with E-state index in [1.165, 1.54) is 0 Å². The molecule has 32 heavy (non-hydrogen) atoms. The van der Waals surface area contributed by atoms with Gasteiger partial charge in [0.15, 0.2) is 10.8 Å². The number of thioether (sulfide) groups is 1. The number of anilines is 1. The number of benzene rings is 1. The number of nitrogens with zero attached hydrogens (tertiary/aromatic N) is 4. The zero-order chi connectivity index (χ0) is 22.6. The predicted molar refractivity (Wildman–Crippen MR) is 130 cm³/mol. The van der Waals surface area contributed by atoms with Gasteiger partial charge in [0.2, 0.25) is 5.91 Å². The molecule has 3 aromatic rings. The number of rotatable bonds is 13. The summed E-state index contributed by atoms with van der Waals surface area (Å²) < 4.78 is 7.22. The lowest BCUT2D eigenvalue weighted by atomic mass is 10.2. The van der Waals surface area contributed by atoms with Crippen LogP contribution in [0.1, 0.15) is 25.8 Å². The van der Waals surface area contributed by atoms with Crippen molar-refractivity contribution in [2.75, 3.05) is 37.4 Å². The van der Waals surface area contributed by atoms with Gasteiger partial charge in [0.05, 0.1) is 24.7 Å². The van der Waals surface area contributed by atoms with E-state index >= 15 is 0 Å². The van der Waals surface area contributed by atoms with Crippen LogP contribution in [0.5, 0.6) is 0 Å². The lowest BCUT2D eigenvalue weighted by Gasteiger charge is -2.10. The molecule has 0 radical (unpaired) electrons. The largest absolute Gasteiger partial charge is 0.380 e. The van der Waals surface area contributed by atoms with Gasteiger partial charge < -0.3 is 15.4 Å². The van der Waals surface area contributed by atoms with E-state index in [1.54, 1.807) is 30.1 Å². The van der Waals surface area contributed by atoms with E-state index in [4.69, 9.17) is 9.72 Å². The lowest BCUT2D eigenvalue weighted by molar-refractivity contribution is -0.116. The van der Waals surface area contributed by atoms with Gasteiger partial charge in [-0.15, -0.1) is 0 Å². The van der Waals surface area contributed by atoms with Crippen molar-refractivity contribution in [2.45, 2.75) is 32.0 Å². The van der Waals surface area contributed by atoms with Crippen molar-refractivity contribution in [3.05, 3.63) is 48.2 Å². The number of hydrogen-bond donors (Lipinski definition) is 2. The van der Waals surface area contributed by atoms with Gasteiger partial charge in [-0.05, 0) is 25.0 Å². The molecule has 2 heterocycles. The lowest BCUT2D eigenvalue weighted by Crippen LogP contribution is -2.25. The highest BCUT2D eigenvalue weighted by molar-refractivity contribution is 7.99. The first-order chi connectivity index (χ1) is 15.7. The summed E-state index contributed by atoms with van der Waals surface area (Å²) in [6, 6.07) is 9.73. The van der Waals surface area contributed by atoms with Crippen LogP contribution >= 0.6 is 11.8 Å². The predicted octanol–water partition coefficient (Wildman–Crippen LogP) is 3.61. The number of aromatic nitrogens is 4. The molecule has 0 fully saturated rings. The molecule has 0 unspecified atom stereocenters. The minimum Gasteiger partial charge on any atom is -0.380 e. The third-order valence-electron chi connectivity index (χ3n) is 4.50. The van der Waals surface area contributed by atoms with Crippen LogP contribution in [0.2, 0.25) is 0 Å². The fourth-order valence-electron chi connectivity index (χ4n) is 2.96. The Balaban J connectivity index is 1.65. The number of carbonyl (C=O) groups is 1. The van der Waals surface area contributed by atoms with E-state index in [1.807, 2.05) is 41.9 Å². The Morgan fingerprint density at radius 1 is 1.19 bits per heavy atom. The van der Waals surface area contributed by atoms with Crippen molar-refractivity contribution >= 4 is 40.6 Å². The highest BCUT2D eigenvalue weighted by Crippen LogP contribution is 2.24. The summed E-state index contributed by atoms with van der Waals surface area (Å²) in [4.78, 5) is 21.5. The molecule has 0 aliphatic rings. The van der Waals surface area contributed by atoms with Crippen LogP contribution in [0, 0.1) is 0 Å². The van der Waals surface area contributed by atoms with Gasteiger partial charge in [-0.25, -0.2) is 14.6 Å². The third kappa shape index (κ3) is 7.06. The maximum atomic E-state index is 12.1. The molecule has 2 aromatic heterocycles. The molecule has 2 N–H and O–H groups in total. The first kappa shape index (κ1) is 23.7. The standard InChI is InChI=1S/C23H30N6O2S/c1-3-16-32-23-27-21(25-13-15-31-4-2)19-17-26-29(22(19)28-23)14-12-24-20(30)11-10-18-8-6-5-7-9-18/h5-11,17H,3-4,12-16H2,1-2H3,(H,24,30)(H,25,27,28)/b11-10-. The fourth-order valence-corrected chi connectivity index (χ4v) is 3.65. The van der Waals surface area contributed by atoms with Crippen molar-refractivity contribution < 1.29 is 9.53 Å². The molecular formula is C23H30N6O2S. The zero-order valence-corrected chi connectivity index (χ0v) is 19.4. The van der Waals surface area contributed by atoms with Crippen LogP contribution in [0.15, 0.2) is 47.8 Å². The first-order valence-electron chi connectivity index (χ1n) is 10.9. The number of ether oxygens (including phenoxy) is 1. The molecule has 0 aliphatic heterocycles. The number of hydrogen-bond acceptors (Lipinski definition) is 7. The quantitative estimate of drug-likeness (QED) is 0.176. The van der Waals surface area contributed by atoms with Gasteiger partial charge in [0, 0.05) is 31.5 Å². The Morgan fingerprint density at radius 3 is 2.81 bits per heavy atom. The molecule has 1 aromatic carbocycles. The molecular weight excluding hydrogens is 424 g/mol. The minimum absolute atomic E-state index is 0.141. The van der Waals surface area contributed by atoms with Crippen LogP contribution in [0.25, 0.3) is 17.1 Å². The van der Waals surface area contributed by atoms with E-state index in [0.717, 1.165) is 39.7 Å². The number of fused-ring (bicyclic) bond motifs is 1. The average Bonchev–Trinajstić information content (AvgIpc) is 3.23. The van der Waals surface area contributed by atoms with Gasteiger partial charge in [0.25, 0.3) is 0 Å². The second-order valence-corrected chi connectivity index (χ2v) is 8.03. The van der Waals surface area contributed by atoms with Crippen LogP contribution in [-0.4, -0.2) is 57.7 Å². The summed E-state index contributed by atoms with van der Waals surface area (Å²) in [5, 5.41) is 12.3. The van der Waals surface area contributed by atoms with E-state index < -0.39 is 0 Å². The SMILES string of the molecule is CCCSc1nc(NCCOCC)c2cnn(CCNC(=O)/C=C\c3ccccc3)c2n1. The van der Waals surface area contributed by atoms with E-state index in [2.05, 4.69) is 27.6 Å². The maximum Gasteiger partial charge on any atom is 0.244 e. The Labute approximate surface area is 192 Å². The van der Waals surface area contributed by atoms with Crippen LogP contribution in [-0.2, 0) is 16.1 Å². The van der Waals surface area contributed by atoms with E-state index in [9.17, 15) is 4.79 Å². The van der Waals surface area contributed by atoms with Crippen LogP contribution < -0.4 is 10.6 Å². The zero-order valence-electron chi connectivity index (χ0n) is 18.6. The highest BCUT2D eigenvalue weighted by Gasteiger charge is 2.13. The van der Waals surface area contributed by atoms with Crippen molar-refractivity contribution in [1.82, 2.24) is 25.1 Å². The van der Waals surface area contributed by atoms with Crippen molar-refractivity contribution in [2.24, 2.45) is 0 Å². The van der Waals surface area contributed by atoms with E-state index in [0.29, 0.717) is 32.8 Å². The number of amides is 1. The van der Waals surface area contributed by atoms with Crippen molar-refractivity contribution in [3.63, 3.8) is 0 Å². The van der Waals surface area contributed by atoms with Gasteiger partial charge in [0.1, 0.15) is 5.82 Å². The molecule has 0 spiro atoms. The Hall–Kier alpha value is -2.91. The minimum atomic E-state index is -0.141. The maximum absolute atomic E-state index is 12.1. The van der Waals surface area contributed by atoms with Crippen LogP contribution in [0.4, 0.5) is 5.82 Å². The topological polar surface area (TPSA) is 94.0 Å². The van der Waals surface area contributed by atoms with Gasteiger partial charge in [-0.1, -0.05) is 49.0 Å². The normalized spacial score (nSPS) is 11.3. The molecule has 1 amide bonds. The molecule has 0 saturated carbocycles. The first-order valence-corrected chi connectivity index (χ1v) is 11.9. The van der Waals surface area contributed by atoms with Gasteiger partial charge in [-0.3, -0.25) is 4.79 Å². The molecule has 3 rings (SSSR count). The monoisotopic (exact) mass is 454 g/mol. The summed E-state index contributed by atoms with van der Waals surface area (Å²) >= 11 is 1.63. The smallest absolute Gasteiger partial charge is 0.244 e. The summed E-state index contributed by atoms with van der Waals surface area (Å²) in [7, 11) is 0. The molecule has 170 valence electrons. The summed E-state index contributed by atoms with van der Waals surface area (Å²) in [5.74, 6) is 1.56. The molecule has 0 saturated heterocycles. The summed E-state index contributed by atoms with van der Waals surface area (Å²) in [6.45, 7) is 7.02. The van der Waals surface area contributed by atoms with Gasteiger partial charge >= 0.3 is 0 Å². The highest BCUT2D eigenvalue weighted by atomic mass is 32.2. The molecule has 8 nitrogen and oxygen atoms in total. The Kier molecular flexibility index (Phi) is 9.52. The summed E-state index contributed by atoms with van der Waals surface area (Å²) in [5.41, 5.74) is 1.74. The second-order valence-electron chi connectivity index (χ2n) is 6.97. The van der Waals surface area contributed by atoms with Crippen molar-refractivity contribution in [3.8, 4) is 0 Å². The van der Waals surface area contributed by atoms with E-state index in [-0.39, 0.29) is 5.91 Å². The van der Waals surface area contributed by atoms with Gasteiger partial charge in [-0.2, -0.15) is 5.10 Å². The number of carbonyl (C=O) groups excluding carboxylic acids is 1. The molecule has 0 aliphatic carbocycles. The second kappa shape index (κ2) is 12.8. The Bertz CT molecular complexity index is 1020. The van der Waals surface area contributed by atoms with Crippen LogP contribution in [0.3, 0.4) is 0 Å². The fraction of sp³-hybridized carbons (Fsp3) is 0.391. The molecule has 9 heteroatoms. The Morgan fingerprint density at radius 2 is 2.03 bits per heavy atom. The average molecular weight is 455 g/mol.